The molecular formula is C13H14BrFN4OS. The monoisotopic (exact) mass is 372 g/mol. The summed E-state index contributed by atoms with van der Waals surface area (Å²) < 4.78 is 15.7. The Labute approximate surface area is 134 Å². The summed E-state index contributed by atoms with van der Waals surface area (Å²) in [5.74, 6) is -0.809. The topological polar surface area (TPSA) is 59.3 Å². The minimum Gasteiger partial charge on any atom is -0.266 e. The Bertz CT molecular complexity index is 707. The van der Waals surface area contributed by atoms with Crippen LogP contribution >= 0.6 is 27.3 Å². The second-order valence-electron chi connectivity index (χ2n) is 4.35. The molecule has 0 aliphatic rings. The highest BCUT2D eigenvalue weighted by Gasteiger charge is 2.13. The standard InChI is InChI=1S/C13H14BrFN4OS/c1-4-10-9(14)5-11(21-10)13(20)17-16-6-8-7(2)18-19(3)12(8)15/h5-6H,4H2,1-3H3,(H,17,20). The molecule has 112 valence electrons. The fourth-order valence-corrected chi connectivity index (χ4v) is 3.55. The van der Waals surface area contributed by atoms with E-state index in [2.05, 4.69) is 31.6 Å². The number of amides is 1. The van der Waals surface area contributed by atoms with Gasteiger partial charge in [-0.3, -0.25) is 4.79 Å². The molecule has 0 fully saturated rings. The molecule has 0 saturated carbocycles. The van der Waals surface area contributed by atoms with Crippen LogP contribution < -0.4 is 5.43 Å². The summed E-state index contributed by atoms with van der Waals surface area (Å²) in [6.07, 6.45) is 2.11. The lowest BCUT2D eigenvalue weighted by Gasteiger charge is -1.95. The molecule has 8 heteroatoms. The Morgan fingerprint density at radius 2 is 2.38 bits per heavy atom. The van der Waals surface area contributed by atoms with Gasteiger partial charge in [0, 0.05) is 16.4 Å². The highest BCUT2D eigenvalue weighted by Crippen LogP contribution is 2.27. The number of carbonyl (C=O) groups excluding carboxylic acids is 1. The zero-order valence-corrected chi connectivity index (χ0v) is 14.2. The van der Waals surface area contributed by atoms with E-state index in [9.17, 15) is 9.18 Å². The molecule has 2 aromatic heterocycles. The minimum atomic E-state index is -0.488. The quantitative estimate of drug-likeness (QED) is 0.662. The molecular weight excluding hydrogens is 359 g/mol. The second kappa shape index (κ2) is 6.48. The van der Waals surface area contributed by atoms with Crippen LogP contribution in [0.4, 0.5) is 4.39 Å². The van der Waals surface area contributed by atoms with E-state index < -0.39 is 5.95 Å². The first-order chi connectivity index (χ1) is 9.93. The van der Waals surface area contributed by atoms with Gasteiger partial charge in [0.25, 0.3) is 5.91 Å². The number of aryl methyl sites for hydroxylation is 3. The highest BCUT2D eigenvalue weighted by molar-refractivity contribution is 9.10. The van der Waals surface area contributed by atoms with E-state index in [1.807, 2.05) is 6.92 Å². The van der Waals surface area contributed by atoms with Crippen molar-refractivity contribution in [1.29, 1.82) is 0 Å². The van der Waals surface area contributed by atoms with Crippen molar-refractivity contribution in [2.24, 2.45) is 12.1 Å². The lowest BCUT2D eigenvalue weighted by atomic mass is 10.3. The van der Waals surface area contributed by atoms with Crippen LogP contribution in [-0.4, -0.2) is 21.9 Å². The van der Waals surface area contributed by atoms with Crippen LogP contribution in [0.25, 0.3) is 0 Å². The van der Waals surface area contributed by atoms with E-state index in [4.69, 9.17) is 0 Å². The Morgan fingerprint density at radius 1 is 1.67 bits per heavy atom. The molecule has 0 aliphatic carbocycles. The third-order valence-electron chi connectivity index (χ3n) is 2.86. The molecule has 0 atom stereocenters. The summed E-state index contributed by atoms with van der Waals surface area (Å²) in [6, 6.07) is 1.75. The summed E-state index contributed by atoms with van der Waals surface area (Å²) >= 11 is 4.80. The number of hydrogen-bond donors (Lipinski definition) is 1. The number of hydrogen-bond acceptors (Lipinski definition) is 4. The predicted molar refractivity (Wildman–Crippen MR) is 84.4 cm³/mol. The van der Waals surface area contributed by atoms with E-state index in [1.165, 1.54) is 24.6 Å². The van der Waals surface area contributed by atoms with Crippen molar-refractivity contribution < 1.29 is 9.18 Å². The van der Waals surface area contributed by atoms with Crippen molar-refractivity contribution in [3.8, 4) is 0 Å². The van der Waals surface area contributed by atoms with Crippen LogP contribution in [0.5, 0.6) is 0 Å². The summed E-state index contributed by atoms with van der Waals surface area (Å²) in [4.78, 5) is 13.6. The number of halogens is 2. The molecule has 0 radical (unpaired) electrons. The summed E-state index contributed by atoms with van der Waals surface area (Å²) in [5.41, 5.74) is 3.17. The van der Waals surface area contributed by atoms with Gasteiger partial charge in [-0.1, -0.05) is 6.92 Å². The second-order valence-corrected chi connectivity index (χ2v) is 6.34. The van der Waals surface area contributed by atoms with Gasteiger partial charge in [0.1, 0.15) is 0 Å². The highest BCUT2D eigenvalue weighted by atomic mass is 79.9. The Kier molecular flexibility index (Phi) is 4.89. The number of nitrogens with one attached hydrogen (secondary N) is 1. The number of carbonyl (C=O) groups is 1. The van der Waals surface area contributed by atoms with Crippen LogP contribution in [0.3, 0.4) is 0 Å². The van der Waals surface area contributed by atoms with Gasteiger partial charge in [-0.05, 0) is 35.3 Å². The zero-order valence-electron chi connectivity index (χ0n) is 11.8. The van der Waals surface area contributed by atoms with Crippen LogP contribution in [0.15, 0.2) is 15.6 Å². The first-order valence-corrected chi connectivity index (χ1v) is 7.85. The van der Waals surface area contributed by atoms with Crippen LogP contribution in [0.1, 0.15) is 32.7 Å². The van der Waals surface area contributed by atoms with Crippen LogP contribution in [0, 0.1) is 12.9 Å². The molecule has 0 aliphatic heterocycles. The Morgan fingerprint density at radius 3 is 2.90 bits per heavy atom. The molecule has 21 heavy (non-hydrogen) atoms. The maximum Gasteiger partial charge on any atom is 0.281 e. The first kappa shape index (κ1) is 15.8. The molecule has 0 saturated heterocycles. The summed E-state index contributed by atoms with van der Waals surface area (Å²) in [7, 11) is 1.51. The molecule has 2 aromatic rings. The van der Waals surface area contributed by atoms with E-state index in [-0.39, 0.29) is 11.5 Å². The Hall–Kier alpha value is -1.54. The van der Waals surface area contributed by atoms with E-state index in [1.54, 1.807) is 13.0 Å². The fraction of sp³-hybridized carbons (Fsp3) is 0.308. The number of aromatic nitrogens is 2. The van der Waals surface area contributed by atoms with Gasteiger partial charge < -0.3 is 0 Å². The Balaban J connectivity index is 2.08. The predicted octanol–water partition coefficient (Wildman–Crippen LogP) is 3.02. The van der Waals surface area contributed by atoms with Gasteiger partial charge >= 0.3 is 0 Å². The van der Waals surface area contributed by atoms with E-state index >= 15 is 0 Å². The van der Waals surface area contributed by atoms with Crippen molar-refractivity contribution in [2.75, 3.05) is 0 Å². The van der Waals surface area contributed by atoms with E-state index in [0.717, 1.165) is 20.5 Å². The SMILES string of the molecule is CCc1sc(C(=O)NN=Cc2c(C)nn(C)c2F)cc1Br. The zero-order chi connectivity index (χ0) is 15.6. The van der Waals surface area contributed by atoms with Crippen molar-refractivity contribution in [2.45, 2.75) is 20.3 Å². The molecule has 1 N–H and O–H groups in total. The van der Waals surface area contributed by atoms with Crippen molar-refractivity contribution in [1.82, 2.24) is 15.2 Å². The summed E-state index contributed by atoms with van der Waals surface area (Å²) in [6.45, 7) is 3.69. The fourth-order valence-electron chi connectivity index (χ4n) is 1.76. The number of nitrogens with zero attached hydrogens (tertiary/aromatic N) is 3. The lowest BCUT2D eigenvalue weighted by Crippen LogP contribution is -2.16. The average molecular weight is 373 g/mol. The molecule has 2 heterocycles. The maximum absolute atomic E-state index is 13.7. The average Bonchev–Trinajstić information content (AvgIpc) is 2.93. The molecule has 5 nitrogen and oxygen atoms in total. The molecule has 0 unspecified atom stereocenters. The third kappa shape index (κ3) is 3.38. The van der Waals surface area contributed by atoms with Gasteiger partial charge in [0.15, 0.2) is 0 Å². The first-order valence-electron chi connectivity index (χ1n) is 6.24. The molecule has 2 rings (SSSR count). The smallest absolute Gasteiger partial charge is 0.266 e. The summed E-state index contributed by atoms with van der Waals surface area (Å²) in [5, 5.41) is 7.72. The van der Waals surface area contributed by atoms with Crippen LogP contribution in [0.2, 0.25) is 0 Å². The largest absolute Gasteiger partial charge is 0.281 e. The molecule has 0 aromatic carbocycles. The molecule has 0 spiro atoms. The minimum absolute atomic E-state index is 0.263. The van der Waals surface area contributed by atoms with Gasteiger partial charge in [0.2, 0.25) is 5.95 Å². The maximum atomic E-state index is 13.7. The van der Waals surface area contributed by atoms with Gasteiger partial charge in [-0.2, -0.15) is 14.6 Å². The third-order valence-corrected chi connectivity index (χ3v) is 5.11. The van der Waals surface area contributed by atoms with Gasteiger partial charge in [-0.15, -0.1) is 11.3 Å². The van der Waals surface area contributed by atoms with Crippen molar-refractivity contribution in [3.63, 3.8) is 0 Å². The van der Waals surface area contributed by atoms with Crippen molar-refractivity contribution in [3.05, 3.63) is 37.5 Å². The van der Waals surface area contributed by atoms with Gasteiger partial charge in [0.05, 0.1) is 22.3 Å². The number of hydrazone groups is 1. The number of thiophene rings is 1. The van der Waals surface area contributed by atoms with E-state index in [0.29, 0.717) is 10.6 Å². The molecule has 0 bridgehead atoms. The van der Waals surface area contributed by atoms with Crippen LogP contribution in [-0.2, 0) is 13.5 Å². The van der Waals surface area contributed by atoms with Crippen molar-refractivity contribution >= 4 is 39.4 Å². The number of rotatable bonds is 4. The van der Waals surface area contributed by atoms with Gasteiger partial charge in [-0.25, -0.2) is 10.1 Å². The molecule has 1 amide bonds. The normalized spacial score (nSPS) is 11.3. The lowest BCUT2D eigenvalue weighted by molar-refractivity contribution is 0.0959.